The van der Waals surface area contributed by atoms with E-state index in [9.17, 15) is 14.7 Å². The summed E-state index contributed by atoms with van der Waals surface area (Å²) in [5.74, 6) is -0.892. The van der Waals surface area contributed by atoms with Gasteiger partial charge in [0.15, 0.2) is 5.78 Å². The number of nitrogens with zero attached hydrogens (tertiary/aromatic N) is 1. The van der Waals surface area contributed by atoms with Gasteiger partial charge in [-0.3, -0.25) is 4.79 Å². The van der Waals surface area contributed by atoms with Gasteiger partial charge in [0.1, 0.15) is 0 Å². The van der Waals surface area contributed by atoms with E-state index in [1.165, 1.54) is 4.88 Å². The molecule has 0 radical (unpaired) electrons. The first-order valence-electron chi connectivity index (χ1n) is 8.44. The smallest absolute Gasteiger partial charge is 0.326 e. The fourth-order valence-electron chi connectivity index (χ4n) is 3.28. The van der Waals surface area contributed by atoms with Crippen LogP contribution < -0.4 is 5.73 Å². The van der Waals surface area contributed by atoms with E-state index in [1.54, 1.807) is 47.7 Å². The van der Waals surface area contributed by atoms with Crippen LogP contribution >= 0.6 is 22.9 Å². The lowest BCUT2D eigenvalue weighted by atomic mass is 9.99. The van der Waals surface area contributed by atoms with Crippen LogP contribution in [0.5, 0.6) is 5.88 Å². The Hall–Kier alpha value is -3.09. The minimum Gasteiger partial charge on any atom is -0.494 e. The number of ketones is 1. The van der Waals surface area contributed by atoms with Crippen LogP contribution in [-0.4, -0.2) is 21.5 Å². The summed E-state index contributed by atoms with van der Waals surface area (Å²) >= 11 is 7.72. The Kier molecular flexibility index (Phi) is 4.66. The number of halogens is 1. The quantitative estimate of drug-likeness (QED) is 0.473. The van der Waals surface area contributed by atoms with E-state index in [0.717, 1.165) is 10.1 Å². The summed E-state index contributed by atoms with van der Waals surface area (Å²) in [6.07, 6.45) is 0.708. The molecular weight excluding hydrogens is 396 g/mol. The molecule has 0 bridgehead atoms. The molecule has 4 rings (SSSR count). The third-order valence-corrected chi connectivity index (χ3v) is 5.61. The molecule has 0 aliphatic carbocycles. The Bertz CT molecular complexity index is 1210. The Balaban J connectivity index is 1.82. The van der Waals surface area contributed by atoms with Gasteiger partial charge >= 0.3 is 6.03 Å². The van der Waals surface area contributed by atoms with Gasteiger partial charge < -0.3 is 10.8 Å². The molecular formula is C21H15ClN2O3S. The van der Waals surface area contributed by atoms with Crippen molar-refractivity contribution < 1.29 is 14.7 Å². The second-order valence-electron chi connectivity index (χ2n) is 6.32. The van der Waals surface area contributed by atoms with Crippen molar-refractivity contribution in [2.24, 2.45) is 5.73 Å². The number of carbonyl (C=O) groups is 2. The predicted octanol–water partition coefficient (Wildman–Crippen LogP) is 4.81. The van der Waals surface area contributed by atoms with Crippen molar-refractivity contribution in [2.75, 3.05) is 0 Å². The predicted molar refractivity (Wildman–Crippen MR) is 111 cm³/mol. The zero-order valence-corrected chi connectivity index (χ0v) is 16.1. The second kappa shape index (κ2) is 7.14. The topological polar surface area (TPSA) is 85.3 Å². The summed E-state index contributed by atoms with van der Waals surface area (Å²) in [5.41, 5.74) is 7.11. The van der Waals surface area contributed by atoms with Crippen molar-refractivity contribution in [1.82, 2.24) is 4.57 Å². The first-order chi connectivity index (χ1) is 13.5. The molecule has 2 aromatic carbocycles. The zero-order valence-electron chi connectivity index (χ0n) is 14.6. The van der Waals surface area contributed by atoms with Crippen molar-refractivity contribution in [2.45, 2.75) is 6.42 Å². The maximum Gasteiger partial charge on any atom is 0.326 e. The number of aromatic hydroxyl groups is 1. The van der Waals surface area contributed by atoms with Crippen LogP contribution in [0.3, 0.4) is 0 Å². The molecule has 0 aliphatic heterocycles. The maximum atomic E-state index is 13.2. The lowest BCUT2D eigenvalue weighted by Gasteiger charge is -2.05. The molecule has 2 heterocycles. The van der Waals surface area contributed by atoms with Crippen LogP contribution in [0.15, 0.2) is 60.0 Å². The normalized spacial score (nSPS) is 11.0. The number of nitrogens with two attached hydrogens (primary N) is 1. The van der Waals surface area contributed by atoms with E-state index in [-0.39, 0.29) is 5.56 Å². The molecule has 0 saturated heterocycles. The first kappa shape index (κ1) is 18.3. The van der Waals surface area contributed by atoms with Crippen LogP contribution in [-0.2, 0) is 6.42 Å². The lowest BCUT2D eigenvalue weighted by Crippen LogP contribution is -2.18. The van der Waals surface area contributed by atoms with E-state index >= 15 is 0 Å². The molecule has 5 nitrogen and oxygen atoms in total. The number of hydrogen-bond acceptors (Lipinski definition) is 4. The molecule has 0 fully saturated rings. The van der Waals surface area contributed by atoms with Crippen LogP contribution in [0.2, 0.25) is 5.02 Å². The minimum atomic E-state index is -0.879. The monoisotopic (exact) mass is 410 g/mol. The number of aromatic nitrogens is 1. The van der Waals surface area contributed by atoms with Gasteiger partial charge in [0, 0.05) is 27.3 Å². The minimum absolute atomic E-state index is 0.00423. The number of rotatable bonds is 4. The molecule has 3 N–H and O–H groups in total. The van der Waals surface area contributed by atoms with E-state index < -0.39 is 17.7 Å². The van der Waals surface area contributed by atoms with Crippen LogP contribution in [0.4, 0.5) is 4.79 Å². The van der Waals surface area contributed by atoms with Crippen LogP contribution in [0, 0.1) is 0 Å². The standard InChI is InChI=1S/C21H15ClN2O3S/c22-14-6-7-17-16(11-14)18(20(26)24(17)21(23)27)19(25)13-4-1-3-12(9-13)10-15-5-2-8-28-15/h1-9,11,26H,10H2,(H2,23,27). The van der Waals surface area contributed by atoms with E-state index in [4.69, 9.17) is 17.3 Å². The van der Waals surface area contributed by atoms with Crippen molar-refractivity contribution in [3.63, 3.8) is 0 Å². The molecule has 4 aromatic rings. The summed E-state index contributed by atoms with van der Waals surface area (Å²) in [4.78, 5) is 26.2. The highest BCUT2D eigenvalue weighted by atomic mass is 35.5. The third kappa shape index (κ3) is 3.17. The van der Waals surface area contributed by atoms with Crippen molar-refractivity contribution in [3.8, 4) is 5.88 Å². The zero-order chi connectivity index (χ0) is 19.8. The Morgan fingerprint density at radius 1 is 1.11 bits per heavy atom. The van der Waals surface area contributed by atoms with E-state index in [1.807, 2.05) is 23.6 Å². The average molecular weight is 411 g/mol. The summed E-state index contributed by atoms with van der Waals surface area (Å²) in [6, 6.07) is 15.0. The molecule has 140 valence electrons. The SMILES string of the molecule is NC(=O)n1c(O)c(C(=O)c2cccc(Cc3cccs3)c2)c2cc(Cl)ccc21. The molecule has 7 heteroatoms. The van der Waals surface area contributed by atoms with Gasteiger partial charge in [-0.2, -0.15) is 0 Å². The number of benzene rings is 2. The molecule has 2 aromatic heterocycles. The largest absolute Gasteiger partial charge is 0.494 e. The van der Waals surface area contributed by atoms with Crippen molar-refractivity contribution >= 4 is 45.7 Å². The Morgan fingerprint density at radius 2 is 1.93 bits per heavy atom. The number of fused-ring (bicyclic) bond motifs is 1. The maximum absolute atomic E-state index is 13.2. The Morgan fingerprint density at radius 3 is 2.64 bits per heavy atom. The van der Waals surface area contributed by atoms with E-state index in [0.29, 0.717) is 27.9 Å². The number of hydrogen-bond donors (Lipinski definition) is 2. The second-order valence-corrected chi connectivity index (χ2v) is 7.79. The van der Waals surface area contributed by atoms with Crippen molar-refractivity contribution in [3.05, 3.63) is 86.6 Å². The van der Waals surface area contributed by atoms with Crippen LogP contribution in [0.1, 0.15) is 26.4 Å². The fourth-order valence-corrected chi connectivity index (χ4v) is 4.19. The fraction of sp³-hybridized carbons (Fsp3) is 0.0476. The highest BCUT2D eigenvalue weighted by Crippen LogP contribution is 2.34. The van der Waals surface area contributed by atoms with Gasteiger partial charge in [-0.05, 0) is 41.3 Å². The first-order valence-corrected chi connectivity index (χ1v) is 9.70. The summed E-state index contributed by atoms with van der Waals surface area (Å²) in [7, 11) is 0. The van der Waals surface area contributed by atoms with Gasteiger partial charge in [0.25, 0.3) is 0 Å². The number of carbonyl (C=O) groups excluding carboxylic acids is 2. The number of primary amides is 1. The van der Waals surface area contributed by atoms with Gasteiger partial charge in [-0.25, -0.2) is 9.36 Å². The molecule has 1 amide bonds. The molecule has 0 atom stereocenters. The van der Waals surface area contributed by atoms with E-state index in [2.05, 4.69) is 0 Å². The summed E-state index contributed by atoms with van der Waals surface area (Å²) < 4.78 is 0.911. The van der Waals surface area contributed by atoms with Gasteiger partial charge in [0.05, 0.1) is 11.1 Å². The van der Waals surface area contributed by atoms with Crippen molar-refractivity contribution in [1.29, 1.82) is 0 Å². The van der Waals surface area contributed by atoms with Gasteiger partial charge in [-0.1, -0.05) is 35.9 Å². The number of amides is 1. The molecule has 0 aliphatic rings. The lowest BCUT2D eigenvalue weighted by molar-refractivity contribution is 0.103. The summed E-state index contributed by atoms with van der Waals surface area (Å²) in [6.45, 7) is 0. The van der Waals surface area contributed by atoms with Crippen LogP contribution in [0.25, 0.3) is 10.9 Å². The number of thiophene rings is 1. The average Bonchev–Trinajstić information content (AvgIpc) is 3.26. The highest BCUT2D eigenvalue weighted by molar-refractivity contribution is 7.09. The molecule has 0 unspecified atom stereocenters. The third-order valence-electron chi connectivity index (χ3n) is 4.50. The molecule has 28 heavy (non-hydrogen) atoms. The molecule has 0 spiro atoms. The van der Waals surface area contributed by atoms with Gasteiger partial charge in [0.2, 0.25) is 5.88 Å². The van der Waals surface area contributed by atoms with Gasteiger partial charge in [-0.15, -0.1) is 11.3 Å². The Labute approximate surface area is 169 Å². The summed E-state index contributed by atoms with van der Waals surface area (Å²) in [5, 5.41) is 13.3. The highest BCUT2D eigenvalue weighted by Gasteiger charge is 2.25. The molecule has 0 saturated carbocycles.